The molecule has 1 amide bonds. The SMILES string of the molecule is COc1ccc(C(=O)Cc2ccc(-c3ccccc3F)nc2)cc1NC(=O)CN1C[C@@H]2C[C@H]1CO2. The van der Waals surface area contributed by atoms with Gasteiger partial charge in [-0.15, -0.1) is 0 Å². The molecule has 3 aromatic rings. The van der Waals surface area contributed by atoms with Gasteiger partial charge in [-0.1, -0.05) is 18.2 Å². The maximum Gasteiger partial charge on any atom is 0.238 e. The number of aromatic nitrogens is 1. The molecule has 1 N–H and O–H groups in total. The number of ketones is 1. The topological polar surface area (TPSA) is 80.8 Å². The number of nitrogens with zero attached hydrogens (tertiary/aromatic N) is 2. The molecule has 2 aliphatic heterocycles. The summed E-state index contributed by atoms with van der Waals surface area (Å²) in [6.45, 7) is 1.70. The Morgan fingerprint density at radius 2 is 2.06 bits per heavy atom. The fraction of sp³-hybridized carbons (Fsp3) is 0.296. The number of pyridine rings is 1. The highest BCUT2D eigenvalue weighted by Gasteiger charge is 2.39. The number of halogens is 1. The molecule has 0 spiro atoms. The average molecular weight is 476 g/mol. The Bertz CT molecular complexity index is 1250. The van der Waals surface area contributed by atoms with Crippen LogP contribution in [0, 0.1) is 5.82 Å². The summed E-state index contributed by atoms with van der Waals surface area (Å²) in [5, 5.41) is 2.89. The summed E-state index contributed by atoms with van der Waals surface area (Å²) in [7, 11) is 1.52. The van der Waals surface area contributed by atoms with E-state index in [2.05, 4.69) is 15.2 Å². The number of methoxy groups -OCH3 is 1. The van der Waals surface area contributed by atoms with E-state index in [9.17, 15) is 14.0 Å². The van der Waals surface area contributed by atoms with Crippen molar-refractivity contribution in [2.24, 2.45) is 0 Å². The molecule has 2 aliphatic rings. The van der Waals surface area contributed by atoms with Crippen molar-refractivity contribution in [3.05, 3.63) is 77.7 Å². The summed E-state index contributed by atoms with van der Waals surface area (Å²) in [4.78, 5) is 32.1. The number of morpholine rings is 1. The highest BCUT2D eigenvalue weighted by Crippen LogP contribution is 2.29. The molecule has 8 heteroatoms. The Balaban J connectivity index is 1.25. The van der Waals surface area contributed by atoms with Crippen LogP contribution < -0.4 is 10.1 Å². The first-order valence-electron chi connectivity index (χ1n) is 11.6. The van der Waals surface area contributed by atoms with Gasteiger partial charge in [0, 0.05) is 36.3 Å². The number of hydrogen-bond donors (Lipinski definition) is 1. The van der Waals surface area contributed by atoms with Gasteiger partial charge in [-0.25, -0.2) is 4.39 Å². The maximum absolute atomic E-state index is 14.0. The molecular weight excluding hydrogens is 449 g/mol. The van der Waals surface area contributed by atoms with Gasteiger partial charge >= 0.3 is 0 Å². The molecule has 35 heavy (non-hydrogen) atoms. The van der Waals surface area contributed by atoms with Crippen LogP contribution in [0.4, 0.5) is 10.1 Å². The number of amides is 1. The van der Waals surface area contributed by atoms with Gasteiger partial charge < -0.3 is 14.8 Å². The quantitative estimate of drug-likeness (QED) is 0.500. The minimum Gasteiger partial charge on any atom is -0.495 e. The Morgan fingerprint density at radius 1 is 1.20 bits per heavy atom. The summed E-state index contributed by atoms with van der Waals surface area (Å²) >= 11 is 0. The molecule has 180 valence electrons. The van der Waals surface area contributed by atoms with Crippen LogP contribution in [0.3, 0.4) is 0 Å². The number of carbonyl (C=O) groups is 2. The monoisotopic (exact) mass is 475 g/mol. The molecule has 2 bridgehead atoms. The largest absolute Gasteiger partial charge is 0.495 e. The first-order valence-corrected chi connectivity index (χ1v) is 11.6. The Labute approximate surface area is 202 Å². The van der Waals surface area contributed by atoms with Gasteiger partial charge in [0.2, 0.25) is 5.91 Å². The van der Waals surface area contributed by atoms with Crippen LogP contribution in [-0.2, 0) is 16.0 Å². The first kappa shape index (κ1) is 23.1. The molecule has 2 atom stereocenters. The van der Waals surface area contributed by atoms with Gasteiger partial charge in [0.15, 0.2) is 5.78 Å². The molecule has 0 unspecified atom stereocenters. The summed E-state index contributed by atoms with van der Waals surface area (Å²) < 4.78 is 25.0. The molecule has 3 heterocycles. The number of Topliss-reactive ketones (excluding diaryl/α,β-unsaturated/α-hetero) is 1. The fourth-order valence-electron chi connectivity index (χ4n) is 4.67. The molecular formula is C27H26FN3O4. The van der Waals surface area contributed by atoms with Crippen LogP contribution in [0.25, 0.3) is 11.3 Å². The molecule has 1 aromatic heterocycles. The molecule has 0 aliphatic carbocycles. The van der Waals surface area contributed by atoms with Crippen molar-refractivity contribution in [2.45, 2.75) is 25.0 Å². The van der Waals surface area contributed by atoms with Crippen LogP contribution in [0.5, 0.6) is 5.75 Å². The predicted octanol–water partition coefficient (Wildman–Crippen LogP) is 3.73. The predicted molar refractivity (Wildman–Crippen MR) is 129 cm³/mol. The maximum atomic E-state index is 14.0. The second-order valence-corrected chi connectivity index (χ2v) is 8.87. The lowest BCUT2D eigenvalue weighted by Gasteiger charge is -2.26. The van der Waals surface area contributed by atoms with E-state index < -0.39 is 0 Å². The smallest absolute Gasteiger partial charge is 0.238 e. The van der Waals surface area contributed by atoms with E-state index >= 15 is 0 Å². The van der Waals surface area contributed by atoms with Crippen molar-refractivity contribution in [3.8, 4) is 17.0 Å². The third-order valence-corrected chi connectivity index (χ3v) is 6.50. The van der Waals surface area contributed by atoms with E-state index in [4.69, 9.17) is 9.47 Å². The lowest BCUT2D eigenvalue weighted by atomic mass is 10.0. The van der Waals surface area contributed by atoms with E-state index in [1.165, 1.54) is 13.2 Å². The number of rotatable bonds is 8. The normalized spacial score (nSPS) is 19.0. The van der Waals surface area contributed by atoms with E-state index in [1.807, 2.05) is 0 Å². The molecule has 2 fully saturated rings. The summed E-state index contributed by atoms with van der Waals surface area (Å²) in [6, 6.07) is 15.2. The fourth-order valence-corrected chi connectivity index (χ4v) is 4.67. The van der Waals surface area contributed by atoms with Crippen LogP contribution in [0.1, 0.15) is 22.3 Å². The average Bonchev–Trinajstić information content (AvgIpc) is 3.48. The number of carbonyl (C=O) groups excluding carboxylic acids is 2. The van der Waals surface area contributed by atoms with E-state index in [0.717, 1.165) is 13.0 Å². The van der Waals surface area contributed by atoms with E-state index in [-0.39, 0.29) is 36.6 Å². The first-order chi connectivity index (χ1) is 17.0. The molecule has 2 aromatic carbocycles. The van der Waals surface area contributed by atoms with Gasteiger partial charge in [0.1, 0.15) is 11.6 Å². The third kappa shape index (κ3) is 5.08. The van der Waals surface area contributed by atoms with Gasteiger partial charge in [0.25, 0.3) is 0 Å². The minimum atomic E-state index is -0.345. The van der Waals surface area contributed by atoms with Crippen LogP contribution >= 0.6 is 0 Å². The molecule has 5 rings (SSSR count). The van der Waals surface area contributed by atoms with Crippen LogP contribution in [0.2, 0.25) is 0 Å². The van der Waals surface area contributed by atoms with Crippen molar-refractivity contribution < 1.29 is 23.5 Å². The summed E-state index contributed by atoms with van der Waals surface area (Å²) in [6.07, 6.45) is 2.90. The van der Waals surface area contributed by atoms with Crippen LogP contribution in [0.15, 0.2) is 60.8 Å². The third-order valence-electron chi connectivity index (χ3n) is 6.50. The lowest BCUT2D eigenvalue weighted by molar-refractivity contribution is -0.118. The second kappa shape index (κ2) is 9.93. The Morgan fingerprint density at radius 3 is 2.74 bits per heavy atom. The summed E-state index contributed by atoms with van der Waals surface area (Å²) in [5.41, 5.74) is 2.54. The Hall–Kier alpha value is -3.62. The summed E-state index contributed by atoms with van der Waals surface area (Å²) in [5.74, 6) is -0.148. The standard InChI is InChI=1S/C27H26FN3O4/c1-34-26-9-7-18(11-24(26)30-27(33)15-31-14-20-12-19(31)16-35-20)25(32)10-17-6-8-23(29-13-17)21-4-2-3-5-22(21)28/h2-9,11,13,19-20H,10,12,14-16H2,1H3,(H,30,33)/t19-,20-/m0/s1. The van der Waals surface area contributed by atoms with Crippen LogP contribution in [-0.4, -0.2) is 60.5 Å². The van der Waals surface area contributed by atoms with E-state index in [1.54, 1.807) is 54.7 Å². The number of benzene rings is 2. The lowest BCUT2D eigenvalue weighted by Crippen LogP contribution is -2.41. The van der Waals surface area contributed by atoms with Crippen molar-refractivity contribution in [2.75, 3.05) is 32.1 Å². The highest BCUT2D eigenvalue weighted by atomic mass is 19.1. The molecule has 0 saturated carbocycles. The van der Waals surface area contributed by atoms with Gasteiger partial charge in [-0.2, -0.15) is 0 Å². The zero-order chi connectivity index (χ0) is 24.4. The molecule has 2 saturated heterocycles. The number of likely N-dealkylation sites (tertiary alicyclic amines) is 1. The van der Waals surface area contributed by atoms with Crippen molar-refractivity contribution in [1.82, 2.24) is 9.88 Å². The van der Waals surface area contributed by atoms with Crippen molar-refractivity contribution in [3.63, 3.8) is 0 Å². The Kier molecular flexibility index (Phi) is 6.57. The second-order valence-electron chi connectivity index (χ2n) is 8.87. The number of hydrogen-bond acceptors (Lipinski definition) is 6. The molecule has 0 radical (unpaired) electrons. The number of ether oxygens (including phenoxy) is 2. The van der Waals surface area contributed by atoms with Gasteiger partial charge in [0.05, 0.1) is 37.7 Å². The van der Waals surface area contributed by atoms with Gasteiger partial charge in [-0.05, 0) is 48.4 Å². The minimum absolute atomic E-state index is 0.126. The van der Waals surface area contributed by atoms with E-state index in [0.29, 0.717) is 46.5 Å². The zero-order valence-corrected chi connectivity index (χ0v) is 19.4. The highest BCUT2D eigenvalue weighted by molar-refractivity contribution is 6.00. The van der Waals surface area contributed by atoms with Gasteiger partial charge in [-0.3, -0.25) is 19.5 Å². The van der Waals surface area contributed by atoms with Crippen molar-refractivity contribution >= 4 is 17.4 Å². The number of anilines is 1. The van der Waals surface area contributed by atoms with Crippen molar-refractivity contribution in [1.29, 1.82) is 0 Å². The zero-order valence-electron chi connectivity index (χ0n) is 19.4. The molecule has 7 nitrogen and oxygen atoms in total. The number of fused-ring (bicyclic) bond motifs is 2. The number of nitrogens with one attached hydrogen (secondary N) is 1.